The molecule has 0 aromatic rings. The molecule has 2 unspecified atom stereocenters. The summed E-state index contributed by atoms with van der Waals surface area (Å²) in [5, 5.41) is 6.49. The molecule has 1 fully saturated rings. The number of hydrogen-bond donors (Lipinski definition) is 2. The minimum absolute atomic E-state index is 0.189. The van der Waals surface area contributed by atoms with Crippen molar-refractivity contribution < 1.29 is 4.79 Å². The third-order valence-electron chi connectivity index (χ3n) is 4.33. The maximum absolute atomic E-state index is 12.3. The van der Waals surface area contributed by atoms with Crippen LogP contribution in [0.5, 0.6) is 0 Å². The molecular weight excluding hydrogens is 212 g/mol. The first kappa shape index (κ1) is 14.5. The fourth-order valence-electron chi connectivity index (χ4n) is 2.18. The Morgan fingerprint density at radius 3 is 2.53 bits per heavy atom. The number of carbonyl (C=O) groups excluding carboxylic acids is 1. The average Bonchev–Trinajstić information content (AvgIpc) is 2.73. The van der Waals surface area contributed by atoms with Crippen LogP contribution < -0.4 is 10.6 Å². The smallest absolute Gasteiger partial charge is 0.240 e. The summed E-state index contributed by atoms with van der Waals surface area (Å²) >= 11 is 0. The van der Waals surface area contributed by atoms with E-state index >= 15 is 0 Å². The standard InChI is InChI=1S/C14H28N2O/c1-6-14(8-7-9-16-14)12(17)15-10-11(2)13(3,4)5/h11,16H,6-10H2,1-5H3,(H,15,17). The molecule has 0 aliphatic carbocycles. The quantitative estimate of drug-likeness (QED) is 0.792. The van der Waals surface area contributed by atoms with Crippen molar-refractivity contribution in [3.8, 4) is 0 Å². The Morgan fingerprint density at radius 1 is 1.47 bits per heavy atom. The molecule has 0 aromatic carbocycles. The zero-order valence-electron chi connectivity index (χ0n) is 12.0. The third-order valence-corrected chi connectivity index (χ3v) is 4.33. The molecule has 0 radical (unpaired) electrons. The Kier molecular flexibility index (Phi) is 4.59. The lowest BCUT2D eigenvalue weighted by Crippen LogP contribution is -2.54. The average molecular weight is 240 g/mol. The second kappa shape index (κ2) is 5.38. The first-order valence-electron chi connectivity index (χ1n) is 6.85. The van der Waals surface area contributed by atoms with E-state index in [0.717, 1.165) is 32.4 Å². The lowest BCUT2D eigenvalue weighted by Gasteiger charge is -2.31. The van der Waals surface area contributed by atoms with E-state index in [1.807, 2.05) is 0 Å². The van der Waals surface area contributed by atoms with E-state index in [2.05, 4.69) is 45.3 Å². The van der Waals surface area contributed by atoms with Gasteiger partial charge in [-0.2, -0.15) is 0 Å². The SMILES string of the molecule is CCC1(C(=O)NCC(C)C(C)(C)C)CCCN1. The topological polar surface area (TPSA) is 41.1 Å². The Labute approximate surface area is 106 Å². The number of carbonyl (C=O) groups is 1. The summed E-state index contributed by atoms with van der Waals surface area (Å²) in [6.07, 6.45) is 2.96. The van der Waals surface area contributed by atoms with Gasteiger partial charge in [0.25, 0.3) is 0 Å². The molecule has 2 N–H and O–H groups in total. The Bertz CT molecular complexity index is 262. The van der Waals surface area contributed by atoms with Gasteiger partial charge in [0.1, 0.15) is 0 Å². The number of amides is 1. The van der Waals surface area contributed by atoms with E-state index in [0.29, 0.717) is 5.92 Å². The minimum atomic E-state index is -0.294. The van der Waals surface area contributed by atoms with Crippen LogP contribution in [0.25, 0.3) is 0 Å². The van der Waals surface area contributed by atoms with Crippen molar-refractivity contribution in [2.24, 2.45) is 11.3 Å². The monoisotopic (exact) mass is 240 g/mol. The summed E-state index contributed by atoms with van der Waals surface area (Å²) in [6, 6.07) is 0. The maximum Gasteiger partial charge on any atom is 0.240 e. The predicted octanol–water partition coefficient (Wildman–Crippen LogP) is 2.32. The lowest BCUT2D eigenvalue weighted by molar-refractivity contribution is -0.127. The van der Waals surface area contributed by atoms with Gasteiger partial charge in [0.05, 0.1) is 5.54 Å². The molecule has 1 saturated heterocycles. The molecular formula is C14H28N2O. The molecule has 17 heavy (non-hydrogen) atoms. The van der Waals surface area contributed by atoms with Gasteiger partial charge >= 0.3 is 0 Å². The summed E-state index contributed by atoms with van der Waals surface area (Å²) in [7, 11) is 0. The second-order valence-electron chi connectivity index (χ2n) is 6.44. The molecule has 1 aliphatic heterocycles. The van der Waals surface area contributed by atoms with Crippen LogP contribution in [0.15, 0.2) is 0 Å². The molecule has 1 aliphatic rings. The zero-order valence-corrected chi connectivity index (χ0v) is 12.0. The summed E-state index contributed by atoms with van der Waals surface area (Å²) in [4.78, 5) is 12.3. The van der Waals surface area contributed by atoms with Crippen LogP contribution in [-0.2, 0) is 4.79 Å². The van der Waals surface area contributed by atoms with E-state index in [4.69, 9.17) is 0 Å². The number of rotatable bonds is 4. The van der Waals surface area contributed by atoms with Gasteiger partial charge in [-0.25, -0.2) is 0 Å². The highest BCUT2D eigenvalue weighted by atomic mass is 16.2. The van der Waals surface area contributed by atoms with E-state index in [1.54, 1.807) is 0 Å². The van der Waals surface area contributed by atoms with E-state index < -0.39 is 0 Å². The minimum Gasteiger partial charge on any atom is -0.354 e. The van der Waals surface area contributed by atoms with E-state index in [9.17, 15) is 4.79 Å². The van der Waals surface area contributed by atoms with Crippen molar-refractivity contribution in [1.29, 1.82) is 0 Å². The molecule has 0 aromatic heterocycles. The molecule has 1 rings (SSSR count). The first-order chi connectivity index (χ1) is 7.82. The molecule has 2 atom stereocenters. The van der Waals surface area contributed by atoms with Crippen LogP contribution in [0.1, 0.15) is 53.9 Å². The summed E-state index contributed by atoms with van der Waals surface area (Å²) in [5.74, 6) is 0.676. The van der Waals surface area contributed by atoms with Crippen molar-refractivity contribution in [1.82, 2.24) is 10.6 Å². The summed E-state index contributed by atoms with van der Waals surface area (Å²) < 4.78 is 0. The first-order valence-corrected chi connectivity index (χ1v) is 6.85. The van der Waals surface area contributed by atoms with Gasteiger partial charge in [-0.1, -0.05) is 34.6 Å². The highest BCUT2D eigenvalue weighted by Gasteiger charge is 2.39. The van der Waals surface area contributed by atoms with E-state index in [1.165, 1.54) is 0 Å². The molecule has 1 heterocycles. The van der Waals surface area contributed by atoms with Gasteiger partial charge in [0.15, 0.2) is 0 Å². The molecule has 0 saturated carbocycles. The molecule has 3 heteroatoms. The Balaban J connectivity index is 2.49. The highest BCUT2D eigenvalue weighted by Crippen LogP contribution is 2.26. The van der Waals surface area contributed by atoms with Crippen LogP contribution in [-0.4, -0.2) is 24.5 Å². The van der Waals surface area contributed by atoms with Crippen LogP contribution in [0.3, 0.4) is 0 Å². The Hall–Kier alpha value is -0.570. The van der Waals surface area contributed by atoms with Crippen molar-refractivity contribution in [2.45, 2.75) is 59.4 Å². The maximum atomic E-state index is 12.3. The van der Waals surface area contributed by atoms with E-state index in [-0.39, 0.29) is 16.9 Å². The largest absolute Gasteiger partial charge is 0.354 e. The van der Waals surface area contributed by atoms with Crippen LogP contribution in [0, 0.1) is 11.3 Å². The molecule has 3 nitrogen and oxygen atoms in total. The summed E-state index contributed by atoms with van der Waals surface area (Å²) in [5.41, 5.74) is -0.0482. The van der Waals surface area contributed by atoms with Gasteiger partial charge in [0, 0.05) is 6.54 Å². The van der Waals surface area contributed by atoms with Gasteiger partial charge in [-0.05, 0) is 37.1 Å². The highest BCUT2D eigenvalue weighted by molar-refractivity contribution is 5.86. The fourth-order valence-corrected chi connectivity index (χ4v) is 2.18. The fraction of sp³-hybridized carbons (Fsp3) is 0.929. The molecule has 1 amide bonds. The lowest BCUT2D eigenvalue weighted by atomic mass is 9.82. The number of nitrogens with one attached hydrogen (secondary N) is 2. The van der Waals surface area contributed by atoms with Crippen molar-refractivity contribution >= 4 is 5.91 Å². The van der Waals surface area contributed by atoms with Gasteiger partial charge in [-0.15, -0.1) is 0 Å². The Morgan fingerprint density at radius 2 is 2.12 bits per heavy atom. The van der Waals surface area contributed by atoms with Gasteiger partial charge in [0.2, 0.25) is 5.91 Å². The van der Waals surface area contributed by atoms with Crippen molar-refractivity contribution in [3.05, 3.63) is 0 Å². The third kappa shape index (κ3) is 3.44. The summed E-state index contributed by atoms with van der Waals surface area (Å²) in [6.45, 7) is 12.7. The second-order valence-corrected chi connectivity index (χ2v) is 6.44. The normalized spacial score (nSPS) is 26.9. The van der Waals surface area contributed by atoms with Gasteiger partial charge < -0.3 is 10.6 Å². The van der Waals surface area contributed by atoms with Crippen LogP contribution in [0.2, 0.25) is 0 Å². The van der Waals surface area contributed by atoms with Crippen molar-refractivity contribution in [3.63, 3.8) is 0 Å². The number of hydrogen-bond acceptors (Lipinski definition) is 2. The van der Waals surface area contributed by atoms with Crippen molar-refractivity contribution in [2.75, 3.05) is 13.1 Å². The molecule has 0 spiro atoms. The predicted molar refractivity (Wildman–Crippen MR) is 71.9 cm³/mol. The van der Waals surface area contributed by atoms with Crippen LogP contribution in [0.4, 0.5) is 0 Å². The van der Waals surface area contributed by atoms with Crippen LogP contribution >= 0.6 is 0 Å². The van der Waals surface area contributed by atoms with Gasteiger partial charge in [-0.3, -0.25) is 4.79 Å². The molecule has 100 valence electrons. The zero-order chi connectivity index (χ0) is 13.1. The molecule has 0 bridgehead atoms.